The first-order valence-corrected chi connectivity index (χ1v) is 22.7. The molecule has 0 fully saturated rings. The van der Waals surface area contributed by atoms with E-state index in [1.54, 1.807) is 0 Å². The van der Waals surface area contributed by atoms with Crippen molar-refractivity contribution >= 4 is 19.6 Å². The quantitative estimate of drug-likeness (QED) is 0.0225. The molecule has 0 aliphatic rings. The Kier molecular flexibility index (Phi) is 44.6. The number of carbonyl (C=O) groups excluding carboxylic acids is 2. The fourth-order valence-electron chi connectivity index (χ4n) is 6.66. The molecule has 2 amide bonds. The summed E-state index contributed by atoms with van der Waals surface area (Å²) in [7, 11) is 3.01. The van der Waals surface area contributed by atoms with Gasteiger partial charge in [0.15, 0.2) is 0 Å². The molecule has 0 aromatic heterocycles. The minimum absolute atomic E-state index is 0. The molecule has 12 nitrogen and oxygen atoms in total. The number of quaternary nitrogens is 2. The van der Waals surface area contributed by atoms with Gasteiger partial charge in [-0.25, -0.2) is 0 Å². The van der Waals surface area contributed by atoms with Crippen LogP contribution in [0.5, 0.6) is 0 Å². The van der Waals surface area contributed by atoms with Gasteiger partial charge in [0.2, 0.25) is 11.8 Å². The third kappa shape index (κ3) is 42.6. The summed E-state index contributed by atoms with van der Waals surface area (Å²) in [6, 6.07) is 0. The number of likely N-dealkylation sites (N-methyl/N-ethyl adjacent to an activating group) is 2. The first-order valence-electron chi connectivity index (χ1n) is 21.2. The third-order valence-electron chi connectivity index (χ3n) is 9.80. The fourth-order valence-corrected chi connectivity index (χ4v) is 7.44. The Labute approximate surface area is 377 Å². The number of hydrogen-bond donors (Lipinski definition) is 4. The zero-order valence-corrected chi connectivity index (χ0v) is 41.2. The Morgan fingerprint density at radius 2 is 0.857 bits per heavy atom. The molecule has 0 bridgehead atoms. The van der Waals surface area contributed by atoms with Gasteiger partial charge < -0.3 is 68.6 Å². The predicted octanol–water partition coefficient (Wildman–Crippen LogP) is -2.77. The van der Waals surface area contributed by atoms with Gasteiger partial charge in [-0.1, -0.05) is 117 Å². The van der Waals surface area contributed by atoms with Crippen molar-refractivity contribution in [3.63, 3.8) is 0 Å². The van der Waals surface area contributed by atoms with Crippen LogP contribution in [0.15, 0.2) is 0 Å². The molecule has 2 unspecified atom stereocenters. The van der Waals surface area contributed by atoms with E-state index in [0.717, 1.165) is 38.5 Å². The standard InChI is InChI=1S/C40H83N4O8P.2ClH.Na/c1-7-9-11-13-15-17-19-21-23-27-39(47)41-29-25-31-43(3,4)33-37(45)35-51-53(49,50)52-36-38(46)34-44(5,6)32-26-30-42-40(48)28-24-22-20-18-16-14-12-10-8-2;;;/h37-38,45-46H,7-36H2,1-6H3,(H-2,41,42,47,48,49,50);2*1H;/q;;;+1/p-1. The van der Waals surface area contributed by atoms with Crippen molar-refractivity contribution in [1.29, 1.82) is 0 Å². The third-order valence-corrected chi connectivity index (χ3v) is 10.7. The molecule has 0 aliphatic heterocycles. The fraction of sp³-hybridized carbons (Fsp3) is 0.950. The summed E-state index contributed by atoms with van der Waals surface area (Å²) in [5, 5.41) is 26.9. The predicted molar refractivity (Wildman–Crippen MR) is 214 cm³/mol. The number of phosphoric ester groups is 1. The number of carbonyl (C=O) groups is 2. The summed E-state index contributed by atoms with van der Waals surface area (Å²) >= 11 is 0. The molecule has 4 N–H and O–H groups in total. The molecule has 56 heavy (non-hydrogen) atoms. The summed E-state index contributed by atoms with van der Waals surface area (Å²) in [6.07, 6.45) is 22.4. The van der Waals surface area contributed by atoms with E-state index in [-0.39, 0.29) is 79.3 Å². The van der Waals surface area contributed by atoms with Gasteiger partial charge in [-0.05, 0) is 12.8 Å². The minimum Gasteiger partial charge on any atom is -1.00 e. The smallest absolute Gasteiger partial charge is 1.00 e. The van der Waals surface area contributed by atoms with Gasteiger partial charge in [0, 0.05) is 38.8 Å². The number of aliphatic hydroxyl groups is 2. The van der Waals surface area contributed by atoms with E-state index in [0.29, 0.717) is 48.0 Å². The van der Waals surface area contributed by atoms with Crippen molar-refractivity contribution < 1.29 is 102 Å². The maximum atomic E-state index is 12.3. The van der Waals surface area contributed by atoms with E-state index in [9.17, 15) is 29.3 Å². The summed E-state index contributed by atoms with van der Waals surface area (Å²) < 4.78 is 23.1. The number of unbranched alkanes of at least 4 members (excludes halogenated alkanes) is 16. The van der Waals surface area contributed by atoms with E-state index in [2.05, 4.69) is 24.5 Å². The Bertz CT molecular complexity index is 905. The molecular formula is C40H84Cl2N4NaO8P. The molecule has 0 saturated carbocycles. The molecular weight excluding hydrogens is 789 g/mol. The number of phosphoric acid groups is 1. The average Bonchev–Trinajstić information content (AvgIpc) is 3.08. The normalized spacial score (nSPS) is 13.7. The molecule has 0 heterocycles. The number of halogens is 2. The second kappa shape index (κ2) is 39.6. The summed E-state index contributed by atoms with van der Waals surface area (Å²) in [4.78, 5) is 36.7. The second-order valence-corrected chi connectivity index (χ2v) is 18.0. The molecule has 0 radical (unpaired) electrons. The summed E-state index contributed by atoms with van der Waals surface area (Å²) in [5.74, 6) is 0.149. The van der Waals surface area contributed by atoms with Crippen molar-refractivity contribution in [2.45, 2.75) is 167 Å². The van der Waals surface area contributed by atoms with E-state index in [4.69, 9.17) is 9.05 Å². The number of aliphatic hydroxyl groups excluding tert-OH is 2. The topological polar surface area (TPSA) is 157 Å². The van der Waals surface area contributed by atoms with E-state index < -0.39 is 33.2 Å². The van der Waals surface area contributed by atoms with Crippen LogP contribution >= 0.6 is 7.82 Å². The van der Waals surface area contributed by atoms with Crippen molar-refractivity contribution in [2.24, 2.45) is 0 Å². The van der Waals surface area contributed by atoms with E-state index in [1.165, 1.54) is 89.9 Å². The number of nitrogens with one attached hydrogen (secondary N) is 2. The van der Waals surface area contributed by atoms with Crippen LogP contribution in [0.2, 0.25) is 0 Å². The number of nitrogens with zero attached hydrogens (tertiary/aromatic N) is 2. The van der Waals surface area contributed by atoms with Crippen LogP contribution in [0.4, 0.5) is 0 Å². The maximum absolute atomic E-state index is 12.3. The van der Waals surface area contributed by atoms with Crippen LogP contribution in [0.3, 0.4) is 0 Å². The number of amides is 2. The molecule has 0 rings (SSSR count). The average molecular weight is 874 g/mol. The SMILES string of the molecule is CCCCCCCCCCCC(=O)NCCC[N+](C)(C)CC(O)COP(=O)([O-])OCC(O)C[N+](C)(C)CCCNC(=O)CCCCCCCCCCC.[Cl-].[Cl-].[Na+]. The number of rotatable bonds is 38. The van der Waals surface area contributed by atoms with Gasteiger partial charge >= 0.3 is 29.6 Å². The van der Waals surface area contributed by atoms with Crippen LogP contribution in [0.1, 0.15) is 155 Å². The van der Waals surface area contributed by atoms with Gasteiger partial charge in [-0.2, -0.15) is 0 Å². The van der Waals surface area contributed by atoms with E-state index >= 15 is 0 Å². The zero-order valence-electron chi connectivity index (χ0n) is 36.8. The first-order chi connectivity index (χ1) is 25.1. The van der Waals surface area contributed by atoms with Gasteiger partial charge in [-0.15, -0.1) is 0 Å². The van der Waals surface area contributed by atoms with Gasteiger partial charge in [-0.3, -0.25) is 14.2 Å². The molecule has 16 heteroatoms. The monoisotopic (exact) mass is 873 g/mol. The zero-order chi connectivity index (χ0) is 39.9. The van der Waals surface area contributed by atoms with Crippen LogP contribution in [0, 0.1) is 0 Å². The van der Waals surface area contributed by atoms with Crippen molar-refractivity contribution in [3.8, 4) is 0 Å². The molecule has 0 saturated heterocycles. The van der Waals surface area contributed by atoms with Crippen LogP contribution in [-0.4, -0.2) is 124 Å². The first kappa shape index (κ1) is 63.1. The van der Waals surface area contributed by atoms with Crippen LogP contribution < -0.4 is 69.9 Å². The van der Waals surface area contributed by atoms with Crippen LogP contribution in [-0.2, 0) is 23.2 Å². The Morgan fingerprint density at radius 3 is 1.16 bits per heavy atom. The Morgan fingerprint density at radius 1 is 0.571 bits per heavy atom. The molecule has 0 spiro atoms. The largest absolute Gasteiger partial charge is 1.00 e. The van der Waals surface area contributed by atoms with Gasteiger partial charge in [0.05, 0.1) is 54.5 Å². The summed E-state index contributed by atoms with van der Waals surface area (Å²) in [6.45, 7) is 6.58. The van der Waals surface area contributed by atoms with Crippen molar-refractivity contribution in [2.75, 3.05) is 80.7 Å². The Balaban J connectivity index is -0.00000451. The maximum Gasteiger partial charge on any atom is 1.00 e. The molecule has 0 aromatic rings. The van der Waals surface area contributed by atoms with Gasteiger partial charge in [0.25, 0.3) is 7.82 Å². The molecule has 0 aromatic carbocycles. The van der Waals surface area contributed by atoms with Gasteiger partial charge in [0.1, 0.15) is 25.3 Å². The number of hydrogen-bond acceptors (Lipinski definition) is 8. The Hall–Kier alpha value is 0.470. The van der Waals surface area contributed by atoms with Crippen LogP contribution in [0.25, 0.3) is 0 Å². The molecule has 0 aliphatic carbocycles. The molecule has 332 valence electrons. The minimum atomic E-state index is -4.73. The van der Waals surface area contributed by atoms with Crippen molar-refractivity contribution in [1.82, 2.24) is 10.6 Å². The summed E-state index contributed by atoms with van der Waals surface area (Å²) in [5.41, 5.74) is 0. The second-order valence-electron chi connectivity index (χ2n) is 16.6. The molecule has 2 atom stereocenters. The van der Waals surface area contributed by atoms with E-state index in [1.807, 2.05) is 28.2 Å². The van der Waals surface area contributed by atoms with Crippen molar-refractivity contribution in [3.05, 3.63) is 0 Å².